The van der Waals surface area contributed by atoms with Crippen molar-refractivity contribution in [2.24, 2.45) is 5.73 Å². The fraction of sp³-hybridized carbons (Fsp3) is 0.615. The average molecular weight is 236 g/mol. The lowest BCUT2D eigenvalue weighted by Crippen LogP contribution is -2.27. The Morgan fingerprint density at radius 2 is 2.06 bits per heavy atom. The summed E-state index contributed by atoms with van der Waals surface area (Å²) in [4.78, 5) is 8.80. The Hall–Kier alpha value is -1.13. The minimum absolute atomic E-state index is 0.503. The Morgan fingerprint density at radius 3 is 2.65 bits per heavy atom. The van der Waals surface area contributed by atoms with E-state index in [1.807, 2.05) is 6.20 Å². The SMILES string of the molecule is CCN(CCCN(C)C)c1ccnc(CN)c1. The molecule has 1 rings (SSSR count). The number of anilines is 1. The molecule has 17 heavy (non-hydrogen) atoms. The summed E-state index contributed by atoms with van der Waals surface area (Å²) in [6.07, 6.45) is 3.01. The molecule has 0 aromatic carbocycles. The molecular weight excluding hydrogens is 212 g/mol. The highest BCUT2D eigenvalue weighted by Gasteiger charge is 2.05. The quantitative estimate of drug-likeness (QED) is 0.775. The molecule has 0 saturated carbocycles. The van der Waals surface area contributed by atoms with Crippen LogP contribution in [0.2, 0.25) is 0 Å². The lowest BCUT2D eigenvalue weighted by molar-refractivity contribution is 0.400. The standard InChI is InChI=1S/C13H24N4/c1-4-17(9-5-8-16(2)3)13-6-7-15-12(10-13)11-14/h6-7,10H,4-5,8-9,11,14H2,1-3H3. The topological polar surface area (TPSA) is 45.4 Å². The highest BCUT2D eigenvalue weighted by Crippen LogP contribution is 2.14. The van der Waals surface area contributed by atoms with Gasteiger partial charge in [0, 0.05) is 31.5 Å². The van der Waals surface area contributed by atoms with Crippen LogP contribution in [-0.2, 0) is 6.54 Å². The van der Waals surface area contributed by atoms with Gasteiger partial charge in [-0.15, -0.1) is 0 Å². The van der Waals surface area contributed by atoms with Crippen LogP contribution >= 0.6 is 0 Å². The normalized spacial score (nSPS) is 10.9. The van der Waals surface area contributed by atoms with Gasteiger partial charge in [0.1, 0.15) is 0 Å². The molecule has 0 spiro atoms. The van der Waals surface area contributed by atoms with Crippen LogP contribution in [0.3, 0.4) is 0 Å². The molecule has 0 aliphatic rings. The highest BCUT2D eigenvalue weighted by molar-refractivity contribution is 5.46. The van der Waals surface area contributed by atoms with Crippen LogP contribution in [0, 0.1) is 0 Å². The van der Waals surface area contributed by atoms with Gasteiger partial charge in [0.2, 0.25) is 0 Å². The molecule has 2 N–H and O–H groups in total. The second-order valence-corrected chi connectivity index (χ2v) is 4.45. The molecule has 4 heteroatoms. The summed E-state index contributed by atoms with van der Waals surface area (Å²) < 4.78 is 0. The summed E-state index contributed by atoms with van der Waals surface area (Å²) in [5.74, 6) is 0. The highest BCUT2D eigenvalue weighted by atomic mass is 15.1. The maximum Gasteiger partial charge on any atom is 0.0560 e. The molecule has 0 unspecified atom stereocenters. The van der Waals surface area contributed by atoms with Gasteiger partial charge in [0.15, 0.2) is 0 Å². The number of hydrogen-bond acceptors (Lipinski definition) is 4. The van der Waals surface area contributed by atoms with Crippen LogP contribution < -0.4 is 10.6 Å². The minimum Gasteiger partial charge on any atom is -0.372 e. The van der Waals surface area contributed by atoms with Crippen LogP contribution in [-0.4, -0.2) is 43.6 Å². The van der Waals surface area contributed by atoms with E-state index in [2.05, 4.69) is 47.9 Å². The Balaban J connectivity index is 2.59. The summed E-state index contributed by atoms with van der Waals surface area (Å²) in [6, 6.07) is 4.14. The van der Waals surface area contributed by atoms with E-state index >= 15 is 0 Å². The van der Waals surface area contributed by atoms with Gasteiger partial charge in [0.25, 0.3) is 0 Å². The number of nitrogens with zero attached hydrogens (tertiary/aromatic N) is 3. The summed E-state index contributed by atoms with van der Waals surface area (Å²) in [6.45, 7) is 5.89. The zero-order valence-electron chi connectivity index (χ0n) is 11.2. The zero-order valence-corrected chi connectivity index (χ0v) is 11.2. The van der Waals surface area contributed by atoms with Crippen LogP contribution in [0.5, 0.6) is 0 Å². The molecule has 0 radical (unpaired) electrons. The van der Waals surface area contributed by atoms with Crippen molar-refractivity contribution < 1.29 is 0 Å². The van der Waals surface area contributed by atoms with Crippen LogP contribution in [0.15, 0.2) is 18.3 Å². The van der Waals surface area contributed by atoms with Gasteiger partial charge in [0.05, 0.1) is 5.69 Å². The Labute approximate surface area is 104 Å². The Morgan fingerprint density at radius 1 is 1.29 bits per heavy atom. The first-order chi connectivity index (χ1) is 8.17. The van der Waals surface area contributed by atoms with Crippen molar-refractivity contribution in [3.8, 4) is 0 Å². The first kappa shape index (κ1) is 13.9. The van der Waals surface area contributed by atoms with E-state index in [0.29, 0.717) is 6.54 Å². The second kappa shape index (κ2) is 7.25. The summed E-state index contributed by atoms with van der Waals surface area (Å²) in [5.41, 5.74) is 7.79. The van der Waals surface area contributed by atoms with Crippen molar-refractivity contribution in [2.75, 3.05) is 38.6 Å². The summed E-state index contributed by atoms with van der Waals surface area (Å²) in [5, 5.41) is 0. The van der Waals surface area contributed by atoms with Gasteiger partial charge in [-0.2, -0.15) is 0 Å². The smallest absolute Gasteiger partial charge is 0.0560 e. The first-order valence-electron chi connectivity index (χ1n) is 6.22. The van der Waals surface area contributed by atoms with E-state index in [1.54, 1.807) is 0 Å². The zero-order chi connectivity index (χ0) is 12.7. The van der Waals surface area contributed by atoms with Gasteiger partial charge < -0.3 is 15.5 Å². The molecule has 0 bridgehead atoms. The maximum absolute atomic E-state index is 5.61. The predicted molar refractivity (Wildman–Crippen MR) is 73.2 cm³/mol. The van der Waals surface area contributed by atoms with Crippen molar-refractivity contribution in [3.63, 3.8) is 0 Å². The predicted octanol–water partition coefficient (Wildman–Crippen LogP) is 1.32. The van der Waals surface area contributed by atoms with Crippen LogP contribution in [0.4, 0.5) is 5.69 Å². The first-order valence-corrected chi connectivity index (χ1v) is 6.22. The molecule has 1 aromatic heterocycles. The van der Waals surface area contributed by atoms with Crippen molar-refractivity contribution in [1.82, 2.24) is 9.88 Å². The molecular formula is C13H24N4. The lowest BCUT2D eigenvalue weighted by Gasteiger charge is -2.24. The van der Waals surface area contributed by atoms with Crippen molar-refractivity contribution in [3.05, 3.63) is 24.0 Å². The van der Waals surface area contributed by atoms with E-state index in [4.69, 9.17) is 5.73 Å². The largest absolute Gasteiger partial charge is 0.372 e. The molecule has 0 fully saturated rings. The molecule has 4 nitrogen and oxygen atoms in total. The molecule has 0 atom stereocenters. The second-order valence-electron chi connectivity index (χ2n) is 4.45. The molecule has 1 aromatic rings. The van der Waals surface area contributed by atoms with Gasteiger partial charge in [-0.05, 0) is 46.1 Å². The third kappa shape index (κ3) is 4.71. The van der Waals surface area contributed by atoms with E-state index in [1.165, 1.54) is 12.1 Å². The van der Waals surface area contributed by atoms with Crippen molar-refractivity contribution in [2.45, 2.75) is 19.9 Å². The molecule has 0 saturated heterocycles. The van der Waals surface area contributed by atoms with Gasteiger partial charge in [-0.25, -0.2) is 0 Å². The minimum atomic E-state index is 0.503. The number of nitrogens with two attached hydrogens (primary N) is 1. The molecule has 1 heterocycles. The Kier molecular flexibility index (Phi) is 5.94. The summed E-state index contributed by atoms with van der Waals surface area (Å²) >= 11 is 0. The fourth-order valence-corrected chi connectivity index (χ4v) is 1.82. The van der Waals surface area contributed by atoms with E-state index in [9.17, 15) is 0 Å². The van der Waals surface area contributed by atoms with Crippen LogP contribution in [0.25, 0.3) is 0 Å². The van der Waals surface area contributed by atoms with Gasteiger partial charge >= 0.3 is 0 Å². The van der Waals surface area contributed by atoms with Crippen LogP contribution in [0.1, 0.15) is 19.0 Å². The monoisotopic (exact) mass is 236 g/mol. The number of hydrogen-bond donors (Lipinski definition) is 1. The third-order valence-electron chi connectivity index (χ3n) is 2.79. The summed E-state index contributed by atoms with van der Waals surface area (Å²) in [7, 11) is 4.21. The Bertz CT molecular complexity index is 325. The van der Waals surface area contributed by atoms with E-state index < -0.39 is 0 Å². The molecule has 96 valence electrons. The fourth-order valence-electron chi connectivity index (χ4n) is 1.82. The molecule has 0 amide bonds. The van der Waals surface area contributed by atoms with E-state index in [0.717, 1.165) is 25.3 Å². The van der Waals surface area contributed by atoms with E-state index in [-0.39, 0.29) is 0 Å². The number of pyridine rings is 1. The van der Waals surface area contributed by atoms with Gasteiger partial charge in [-0.3, -0.25) is 4.98 Å². The lowest BCUT2D eigenvalue weighted by atomic mass is 10.2. The third-order valence-corrected chi connectivity index (χ3v) is 2.79. The average Bonchev–Trinajstić information content (AvgIpc) is 2.34. The number of aromatic nitrogens is 1. The molecule has 0 aliphatic heterocycles. The van der Waals surface area contributed by atoms with Crippen molar-refractivity contribution >= 4 is 5.69 Å². The van der Waals surface area contributed by atoms with Crippen molar-refractivity contribution in [1.29, 1.82) is 0 Å². The molecule has 0 aliphatic carbocycles. The number of rotatable bonds is 7. The maximum atomic E-state index is 5.61. The van der Waals surface area contributed by atoms with Gasteiger partial charge in [-0.1, -0.05) is 0 Å².